The summed E-state index contributed by atoms with van der Waals surface area (Å²) in [5, 5.41) is 12.8. The number of amides is 1. The minimum absolute atomic E-state index is 0.0392. The minimum Gasteiger partial charge on any atom is -0.425 e. The Morgan fingerprint density at radius 1 is 1.23 bits per heavy atom. The van der Waals surface area contributed by atoms with Gasteiger partial charge in [-0.15, -0.1) is 0 Å². The second-order valence-electron chi connectivity index (χ2n) is 6.69. The van der Waals surface area contributed by atoms with Gasteiger partial charge < -0.3 is 19.9 Å². The maximum absolute atomic E-state index is 11.7. The standard InChI is InChI=1S/C17H30NO7P/c1-3-7-15(20)24-12(2)25-17(21)18-11-10-14(19)16(26(22)23)13-8-5-4-6-9-13/h12-14,16,19H,3-11H2,1-2H3,(H-,18,21,22,23)/p+1/t12-,14-,16-/m0/s1. The third kappa shape index (κ3) is 8.43. The molecule has 1 saturated carbocycles. The summed E-state index contributed by atoms with van der Waals surface area (Å²) >= 11 is 0. The van der Waals surface area contributed by atoms with Crippen molar-refractivity contribution in [3.63, 3.8) is 0 Å². The Kier molecular flexibility index (Phi) is 10.7. The second-order valence-corrected chi connectivity index (χ2v) is 7.89. The third-order valence-corrected chi connectivity index (χ3v) is 5.79. The first-order valence-electron chi connectivity index (χ1n) is 9.32. The molecule has 4 atom stereocenters. The van der Waals surface area contributed by atoms with E-state index in [0.29, 0.717) is 6.42 Å². The second kappa shape index (κ2) is 12.2. The molecule has 0 heterocycles. The van der Waals surface area contributed by atoms with Crippen molar-refractivity contribution in [2.45, 2.75) is 83.3 Å². The summed E-state index contributed by atoms with van der Waals surface area (Å²) in [5.41, 5.74) is -0.669. The first-order chi connectivity index (χ1) is 12.3. The Morgan fingerprint density at radius 2 is 1.88 bits per heavy atom. The minimum atomic E-state index is -2.49. The van der Waals surface area contributed by atoms with Gasteiger partial charge in [-0.05, 0) is 30.2 Å². The SMILES string of the molecule is CCCC(=O)O[C@H](C)OC(=O)NCC[C@H](O)[C@H](C1CCCCC1)[P+](=O)O. The molecule has 0 aromatic carbocycles. The number of hydrogen-bond acceptors (Lipinski definition) is 6. The Hall–Kier alpha value is -1.24. The fourth-order valence-electron chi connectivity index (χ4n) is 3.27. The highest BCUT2D eigenvalue weighted by molar-refractivity contribution is 7.39. The van der Waals surface area contributed by atoms with Crippen LogP contribution in [0, 0.1) is 5.92 Å². The Labute approximate surface area is 155 Å². The summed E-state index contributed by atoms with van der Waals surface area (Å²) in [6.07, 6.45) is 3.15. The van der Waals surface area contributed by atoms with Gasteiger partial charge in [0.15, 0.2) is 0 Å². The molecule has 8 nitrogen and oxygen atoms in total. The van der Waals surface area contributed by atoms with Gasteiger partial charge in [0.2, 0.25) is 11.9 Å². The highest BCUT2D eigenvalue weighted by atomic mass is 31.1. The molecule has 1 aliphatic rings. The number of aliphatic hydroxyl groups excluding tert-OH is 1. The molecule has 0 aromatic rings. The molecular formula is C17H31NO7P+. The van der Waals surface area contributed by atoms with Crippen molar-refractivity contribution in [2.75, 3.05) is 6.54 Å². The average Bonchev–Trinajstić information content (AvgIpc) is 2.55. The van der Waals surface area contributed by atoms with Gasteiger partial charge >= 0.3 is 20.1 Å². The lowest BCUT2D eigenvalue weighted by Crippen LogP contribution is -2.36. The fraction of sp³-hybridized carbons (Fsp3) is 0.882. The number of carbonyl (C=O) groups excluding carboxylic acids is 2. The van der Waals surface area contributed by atoms with Gasteiger partial charge in [0.1, 0.15) is 6.10 Å². The number of hydrogen-bond donors (Lipinski definition) is 3. The third-order valence-electron chi connectivity index (χ3n) is 4.52. The molecule has 26 heavy (non-hydrogen) atoms. The van der Waals surface area contributed by atoms with Gasteiger partial charge in [-0.25, -0.2) is 4.79 Å². The predicted octanol–water partition coefficient (Wildman–Crippen LogP) is 2.84. The monoisotopic (exact) mass is 392 g/mol. The van der Waals surface area contributed by atoms with Crippen molar-refractivity contribution in [2.24, 2.45) is 5.92 Å². The number of carbonyl (C=O) groups is 2. The summed E-state index contributed by atoms with van der Waals surface area (Å²) < 4.78 is 21.5. The van der Waals surface area contributed by atoms with Crippen LogP contribution in [0.15, 0.2) is 0 Å². The molecule has 0 aromatic heterocycles. The molecule has 0 radical (unpaired) electrons. The lowest BCUT2D eigenvalue weighted by molar-refractivity contribution is -0.164. The molecule has 9 heteroatoms. The van der Waals surface area contributed by atoms with Crippen LogP contribution in [0.5, 0.6) is 0 Å². The normalized spacial score (nSPS) is 19.2. The number of aliphatic hydroxyl groups is 1. The molecule has 0 aliphatic heterocycles. The maximum atomic E-state index is 11.7. The molecule has 1 unspecified atom stereocenters. The van der Waals surface area contributed by atoms with Crippen molar-refractivity contribution in [1.29, 1.82) is 0 Å². The average molecular weight is 392 g/mol. The molecular weight excluding hydrogens is 361 g/mol. The zero-order valence-corrected chi connectivity index (χ0v) is 16.5. The van der Waals surface area contributed by atoms with Crippen molar-refractivity contribution in [3.05, 3.63) is 0 Å². The topological polar surface area (TPSA) is 122 Å². The van der Waals surface area contributed by atoms with Crippen LogP contribution in [-0.2, 0) is 18.8 Å². The molecule has 0 spiro atoms. The van der Waals surface area contributed by atoms with E-state index in [1.165, 1.54) is 6.92 Å². The Morgan fingerprint density at radius 3 is 2.46 bits per heavy atom. The summed E-state index contributed by atoms with van der Waals surface area (Å²) in [6.45, 7) is 3.38. The van der Waals surface area contributed by atoms with E-state index in [-0.39, 0.29) is 25.3 Å². The lowest BCUT2D eigenvalue weighted by atomic mass is 9.84. The number of nitrogens with one attached hydrogen (secondary N) is 1. The van der Waals surface area contributed by atoms with Crippen molar-refractivity contribution >= 4 is 20.1 Å². The maximum Gasteiger partial charge on any atom is 0.511 e. The number of alkyl carbamates (subject to hydrolysis) is 1. The quantitative estimate of drug-likeness (QED) is 0.297. The molecule has 1 rings (SSSR count). The van der Waals surface area contributed by atoms with Crippen LogP contribution in [0.1, 0.15) is 65.2 Å². The fourth-order valence-corrected chi connectivity index (χ4v) is 4.38. The van der Waals surface area contributed by atoms with Crippen LogP contribution >= 0.6 is 8.03 Å². The first-order valence-corrected chi connectivity index (χ1v) is 10.6. The van der Waals surface area contributed by atoms with E-state index in [4.69, 9.17) is 9.47 Å². The van der Waals surface area contributed by atoms with Crippen LogP contribution in [0.2, 0.25) is 0 Å². The summed E-state index contributed by atoms with van der Waals surface area (Å²) in [7, 11) is -2.49. The van der Waals surface area contributed by atoms with E-state index in [1.54, 1.807) is 0 Å². The number of ether oxygens (including phenoxy) is 2. The highest BCUT2D eigenvalue weighted by Crippen LogP contribution is 2.40. The van der Waals surface area contributed by atoms with Gasteiger partial charge in [0.25, 0.3) is 0 Å². The van der Waals surface area contributed by atoms with E-state index in [0.717, 1.165) is 32.1 Å². The van der Waals surface area contributed by atoms with E-state index in [1.807, 2.05) is 6.92 Å². The van der Waals surface area contributed by atoms with Crippen molar-refractivity contribution < 1.29 is 33.6 Å². The van der Waals surface area contributed by atoms with Gasteiger partial charge in [0, 0.05) is 25.8 Å². The van der Waals surface area contributed by atoms with Crippen molar-refractivity contribution in [3.8, 4) is 0 Å². The van der Waals surface area contributed by atoms with Crippen LogP contribution < -0.4 is 5.32 Å². The molecule has 150 valence electrons. The van der Waals surface area contributed by atoms with Crippen molar-refractivity contribution in [1.82, 2.24) is 5.32 Å². The molecule has 0 bridgehead atoms. The van der Waals surface area contributed by atoms with E-state index >= 15 is 0 Å². The Balaban J connectivity index is 2.34. The summed E-state index contributed by atoms with van der Waals surface area (Å²) in [4.78, 5) is 32.6. The molecule has 1 fully saturated rings. The van der Waals surface area contributed by atoms with Gasteiger partial charge in [-0.1, -0.05) is 26.2 Å². The van der Waals surface area contributed by atoms with Gasteiger partial charge in [0.05, 0.1) is 0 Å². The largest absolute Gasteiger partial charge is 0.511 e. The van der Waals surface area contributed by atoms with Crippen LogP contribution in [-0.4, -0.2) is 46.7 Å². The van der Waals surface area contributed by atoms with Gasteiger partial charge in [-0.3, -0.25) is 4.79 Å². The number of esters is 1. The predicted molar refractivity (Wildman–Crippen MR) is 95.8 cm³/mol. The highest BCUT2D eigenvalue weighted by Gasteiger charge is 2.43. The van der Waals surface area contributed by atoms with E-state index < -0.39 is 38.1 Å². The zero-order chi connectivity index (χ0) is 19.5. The summed E-state index contributed by atoms with van der Waals surface area (Å²) in [6, 6.07) is 0. The molecule has 3 N–H and O–H groups in total. The lowest BCUT2D eigenvalue weighted by Gasteiger charge is -2.25. The number of rotatable bonds is 10. The van der Waals surface area contributed by atoms with Crippen LogP contribution in [0.25, 0.3) is 0 Å². The molecule has 0 saturated heterocycles. The van der Waals surface area contributed by atoms with Crippen LogP contribution in [0.3, 0.4) is 0 Å². The van der Waals surface area contributed by atoms with Gasteiger partial charge in [-0.2, -0.15) is 4.89 Å². The van der Waals surface area contributed by atoms with E-state index in [9.17, 15) is 24.2 Å². The van der Waals surface area contributed by atoms with Crippen LogP contribution in [0.4, 0.5) is 4.79 Å². The van der Waals surface area contributed by atoms with E-state index in [2.05, 4.69) is 5.32 Å². The first kappa shape index (κ1) is 22.8. The molecule has 1 aliphatic carbocycles. The molecule has 1 amide bonds. The smallest absolute Gasteiger partial charge is 0.425 e. The summed E-state index contributed by atoms with van der Waals surface area (Å²) in [5.74, 6) is -0.400. The Bertz CT molecular complexity index is 468. The zero-order valence-electron chi connectivity index (χ0n) is 15.6.